The lowest BCUT2D eigenvalue weighted by molar-refractivity contribution is -0.0149. The minimum Gasteiger partial charge on any atom is -0.371 e. The van der Waals surface area contributed by atoms with Crippen molar-refractivity contribution in [2.75, 3.05) is 0 Å². The Kier molecular flexibility index (Phi) is 6.22. The highest BCUT2D eigenvalue weighted by Gasteiger charge is 2.09. The first-order chi connectivity index (χ1) is 6.58. The first-order valence-corrected chi connectivity index (χ1v) is 5.26. The molecule has 14 heavy (non-hydrogen) atoms. The van der Waals surface area contributed by atoms with Gasteiger partial charge in [-0.2, -0.15) is 0 Å². The van der Waals surface area contributed by atoms with Gasteiger partial charge in [0.25, 0.3) is 0 Å². The Morgan fingerprint density at radius 3 is 1.93 bits per heavy atom. The van der Waals surface area contributed by atoms with Crippen LogP contribution in [0.1, 0.15) is 40.2 Å². The summed E-state index contributed by atoms with van der Waals surface area (Å²) in [6, 6.07) is 10.2. The summed E-state index contributed by atoms with van der Waals surface area (Å²) in [4.78, 5) is 0. The van der Waals surface area contributed by atoms with Gasteiger partial charge in [0, 0.05) is 0 Å². The van der Waals surface area contributed by atoms with Gasteiger partial charge in [0.1, 0.15) is 0 Å². The van der Waals surface area contributed by atoms with E-state index in [-0.39, 0.29) is 5.60 Å². The van der Waals surface area contributed by atoms with Crippen LogP contribution < -0.4 is 0 Å². The maximum Gasteiger partial charge on any atom is 0.0724 e. The average molecular weight is 194 g/mol. The summed E-state index contributed by atoms with van der Waals surface area (Å²) in [6.07, 6.45) is 0. The molecule has 0 bridgehead atoms. The zero-order valence-electron chi connectivity index (χ0n) is 10.0. The highest BCUT2D eigenvalue weighted by Crippen LogP contribution is 2.10. The van der Waals surface area contributed by atoms with Crippen molar-refractivity contribution in [2.45, 2.75) is 46.8 Å². The zero-order chi connectivity index (χ0) is 11.0. The molecule has 0 saturated heterocycles. The normalized spacial score (nSPS) is 10.4. The summed E-state index contributed by atoms with van der Waals surface area (Å²) in [7, 11) is 0. The molecule has 0 amide bonds. The predicted octanol–water partition coefficient (Wildman–Crippen LogP) is 4.03. The fraction of sp³-hybridized carbons (Fsp3) is 0.538. The van der Waals surface area contributed by atoms with Crippen molar-refractivity contribution in [3.8, 4) is 0 Å². The van der Waals surface area contributed by atoms with Crippen molar-refractivity contribution < 1.29 is 4.74 Å². The fourth-order valence-corrected chi connectivity index (χ4v) is 0.874. The van der Waals surface area contributed by atoms with Gasteiger partial charge < -0.3 is 4.74 Å². The van der Waals surface area contributed by atoms with E-state index in [0.717, 1.165) is 0 Å². The van der Waals surface area contributed by atoms with Gasteiger partial charge in [0.15, 0.2) is 0 Å². The molecule has 1 aromatic carbocycles. The molecule has 0 aliphatic rings. The molecule has 0 atom stereocenters. The Balaban J connectivity index is 0.000000791. The first kappa shape index (κ1) is 13.2. The van der Waals surface area contributed by atoms with Crippen molar-refractivity contribution in [1.82, 2.24) is 0 Å². The van der Waals surface area contributed by atoms with Crippen LogP contribution >= 0.6 is 0 Å². The second-order valence-electron chi connectivity index (χ2n) is 3.89. The van der Waals surface area contributed by atoms with E-state index in [1.54, 1.807) is 0 Å². The van der Waals surface area contributed by atoms with Gasteiger partial charge in [-0.3, -0.25) is 0 Å². The van der Waals surface area contributed by atoms with Gasteiger partial charge in [0.05, 0.1) is 12.2 Å². The molecule has 0 unspecified atom stereocenters. The number of ether oxygens (including phenoxy) is 1. The summed E-state index contributed by atoms with van der Waals surface area (Å²) in [6.45, 7) is 10.9. The van der Waals surface area contributed by atoms with Crippen LogP contribution in [0.2, 0.25) is 0 Å². The van der Waals surface area contributed by atoms with Crippen LogP contribution in [0.3, 0.4) is 0 Å². The molecule has 0 N–H and O–H groups in total. The maximum atomic E-state index is 5.62. The monoisotopic (exact) mass is 194 g/mol. The highest BCUT2D eigenvalue weighted by molar-refractivity contribution is 5.13. The van der Waals surface area contributed by atoms with Crippen LogP contribution in [0.5, 0.6) is 0 Å². The van der Waals surface area contributed by atoms with E-state index >= 15 is 0 Å². The third-order valence-electron chi connectivity index (χ3n) is 1.51. The van der Waals surface area contributed by atoms with Gasteiger partial charge >= 0.3 is 0 Å². The Morgan fingerprint density at radius 2 is 1.50 bits per heavy atom. The van der Waals surface area contributed by atoms with Gasteiger partial charge in [-0.1, -0.05) is 44.2 Å². The van der Waals surface area contributed by atoms with Crippen molar-refractivity contribution >= 4 is 0 Å². The van der Waals surface area contributed by atoms with Crippen molar-refractivity contribution in [3.05, 3.63) is 35.9 Å². The van der Waals surface area contributed by atoms with E-state index in [4.69, 9.17) is 4.74 Å². The minimum absolute atomic E-state index is 0.0458. The van der Waals surface area contributed by atoms with Gasteiger partial charge in [-0.25, -0.2) is 0 Å². The Morgan fingerprint density at radius 1 is 1.00 bits per heavy atom. The van der Waals surface area contributed by atoms with Crippen LogP contribution in [0.4, 0.5) is 0 Å². The number of hydrogen-bond donors (Lipinski definition) is 0. The van der Waals surface area contributed by atoms with Gasteiger partial charge in [-0.15, -0.1) is 0 Å². The fourth-order valence-electron chi connectivity index (χ4n) is 0.874. The average Bonchev–Trinajstić information content (AvgIpc) is 2.19. The van der Waals surface area contributed by atoms with Crippen molar-refractivity contribution in [2.24, 2.45) is 0 Å². The number of hydrogen-bond acceptors (Lipinski definition) is 1. The Hall–Kier alpha value is -0.820. The smallest absolute Gasteiger partial charge is 0.0724 e. The maximum absolute atomic E-state index is 5.62. The number of benzene rings is 1. The molecule has 0 heterocycles. The van der Waals surface area contributed by atoms with Crippen LogP contribution in [-0.4, -0.2) is 5.60 Å². The lowest BCUT2D eigenvalue weighted by atomic mass is 10.2. The molecule has 1 aromatic rings. The van der Waals surface area contributed by atoms with Crippen LogP contribution in [0.15, 0.2) is 30.3 Å². The summed E-state index contributed by atoms with van der Waals surface area (Å²) >= 11 is 0. The summed E-state index contributed by atoms with van der Waals surface area (Å²) in [5, 5.41) is 0. The van der Waals surface area contributed by atoms with E-state index in [0.29, 0.717) is 6.61 Å². The third kappa shape index (κ3) is 6.67. The molecule has 0 spiro atoms. The van der Waals surface area contributed by atoms with Crippen molar-refractivity contribution in [3.63, 3.8) is 0 Å². The molecular formula is C13H22O. The first-order valence-electron chi connectivity index (χ1n) is 5.26. The predicted molar refractivity (Wildman–Crippen MR) is 62.3 cm³/mol. The van der Waals surface area contributed by atoms with E-state index in [2.05, 4.69) is 32.9 Å². The van der Waals surface area contributed by atoms with E-state index in [1.807, 2.05) is 32.0 Å². The molecule has 80 valence electrons. The van der Waals surface area contributed by atoms with E-state index in [9.17, 15) is 0 Å². The zero-order valence-corrected chi connectivity index (χ0v) is 10.0. The highest BCUT2D eigenvalue weighted by atomic mass is 16.5. The molecule has 0 aliphatic carbocycles. The Labute approximate surface area is 88.1 Å². The topological polar surface area (TPSA) is 9.23 Å². The third-order valence-corrected chi connectivity index (χ3v) is 1.51. The summed E-state index contributed by atoms with van der Waals surface area (Å²) < 4.78 is 5.62. The molecule has 0 aromatic heterocycles. The molecule has 0 fully saturated rings. The molecule has 0 saturated carbocycles. The van der Waals surface area contributed by atoms with E-state index < -0.39 is 0 Å². The van der Waals surface area contributed by atoms with Crippen LogP contribution in [0.25, 0.3) is 0 Å². The molecule has 0 aliphatic heterocycles. The molecule has 0 radical (unpaired) electrons. The molecular weight excluding hydrogens is 172 g/mol. The lowest BCUT2D eigenvalue weighted by Crippen LogP contribution is -2.18. The second-order valence-corrected chi connectivity index (χ2v) is 3.89. The standard InChI is InChI=1S/C11H16O.C2H6/c1-11(2,3)12-9-10-7-5-4-6-8-10;1-2/h4-8H,9H2,1-3H3;1-2H3. The SMILES string of the molecule is CC.CC(C)(C)OCc1ccccc1. The quantitative estimate of drug-likeness (QED) is 0.690. The minimum atomic E-state index is -0.0458. The lowest BCUT2D eigenvalue weighted by Gasteiger charge is -2.19. The van der Waals surface area contributed by atoms with Crippen LogP contribution in [-0.2, 0) is 11.3 Å². The van der Waals surface area contributed by atoms with E-state index in [1.165, 1.54) is 5.56 Å². The molecule has 1 rings (SSSR count). The summed E-state index contributed by atoms with van der Waals surface area (Å²) in [5.74, 6) is 0. The van der Waals surface area contributed by atoms with Crippen molar-refractivity contribution in [1.29, 1.82) is 0 Å². The molecule has 1 nitrogen and oxygen atoms in total. The largest absolute Gasteiger partial charge is 0.371 e. The summed E-state index contributed by atoms with van der Waals surface area (Å²) in [5.41, 5.74) is 1.18. The van der Waals surface area contributed by atoms with Gasteiger partial charge in [0.2, 0.25) is 0 Å². The van der Waals surface area contributed by atoms with Crippen LogP contribution in [0, 0.1) is 0 Å². The van der Waals surface area contributed by atoms with Gasteiger partial charge in [-0.05, 0) is 26.3 Å². The molecule has 1 heteroatoms. The Bertz CT molecular complexity index is 221. The second kappa shape index (κ2) is 6.61. The number of rotatable bonds is 2.